The quantitative estimate of drug-likeness (QED) is 0.450. The molecule has 2 heterocycles. The van der Waals surface area contributed by atoms with Gasteiger partial charge in [0.15, 0.2) is 5.82 Å². The lowest BCUT2D eigenvalue weighted by Crippen LogP contribution is -2.26. The van der Waals surface area contributed by atoms with Crippen molar-refractivity contribution in [2.24, 2.45) is 0 Å². The zero-order valence-corrected chi connectivity index (χ0v) is 18.2. The van der Waals surface area contributed by atoms with Crippen molar-refractivity contribution >= 4 is 12.2 Å². The molecule has 8 heteroatoms. The summed E-state index contributed by atoms with van der Waals surface area (Å²) in [7, 11) is 2.08. The summed E-state index contributed by atoms with van der Waals surface area (Å²) in [6.45, 7) is 4.94. The highest BCUT2D eigenvalue weighted by atomic mass is 32.1. The second kappa shape index (κ2) is 8.73. The van der Waals surface area contributed by atoms with Gasteiger partial charge in [-0.25, -0.2) is 14.3 Å². The van der Waals surface area contributed by atoms with E-state index in [4.69, 9.17) is 12.2 Å². The number of hydrogen-bond acceptors (Lipinski definition) is 5. The maximum Gasteiger partial charge on any atom is 0.217 e. The molecule has 0 saturated carbocycles. The van der Waals surface area contributed by atoms with Gasteiger partial charge in [-0.1, -0.05) is 43.3 Å². The van der Waals surface area contributed by atoms with Gasteiger partial charge in [0.2, 0.25) is 4.77 Å². The first kappa shape index (κ1) is 20.2. The molecule has 2 aromatic carbocycles. The zero-order chi connectivity index (χ0) is 21.1. The Morgan fingerprint density at radius 2 is 1.83 bits per heavy atom. The smallest absolute Gasteiger partial charge is 0.217 e. The highest BCUT2D eigenvalue weighted by molar-refractivity contribution is 7.71. The molecule has 0 aliphatic heterocycles. The Bertz CT molecular complexity index is 1140. The third-order valence-corrected chi connectivity index (χ3v) is 5.71. The van der Waals surface area contributed by atoms with Crippen LogP contribution in [0.2, 0.25) is 0 Å². The maximum atomic E-state index is 5.48. The van der Waals surface area contributed by atoms with Crippen LogP contribution in [0.15, 0.2) is 61.2 Å². The number of aryl methyl sites for hydroxylation is 1. The fourth-order valence-corrected chi connectivity index (χ4v) is 3.52. The van der Waals surface area contributed by atoms with E-state index in [-0.39, 0.29) is 6.04 Å². The van der Waals surface area contributed by atoms with Crippen LogP contribution in [0, 0.1) is 4.77 Å². The Kier molecular flexibility index (Phi) is 5.87. The van der Waals surface area contributed by atoms with Crippen molar-refractivity contribution in [2.75, 3.05) is 7.05 Å². The van der Waals surface area contributed by atoms with Crippen LogP contribution in [0.25, 0.3) is 17.1 Å². The van der Waals surface area contributed by atoms with Crippen LogP contribution in [0.1, 0.15) is 31.0 Å². The van der Waals surface area contributed by atoms with Crippen molar-refractivity contribution < 1.29 is 0 Å². The van der Waals surface area contributed by atoms with Crippen molar-refractivity contribution in [3.8, 4) is 17.1 Å². The summed E-state index contributed by atoms with van der Waals surface area (Å²) in [6, 6.07) is 17.0. The second-order valence-electron chi connectivity index (χ2n) is 7.34. The van der Waals surface area contributed by atoms with Crippen LogP contribution in [-0.4, -0.2) is 41.5 Å². The first-order valence-corrected chi connectivity index (χ1v) is 10.4. The summed E-state index contributed by atoms with van der Waals surface area (Å²) in [5.74, 6) is 0.792. The number of rotatable bonds is 7. The van der Waals surface area contributed by atoms with Crippen LogP contribution in [0.4, 0.5) is 0 Å². The van der Waals surface area contributed by atoms with Crippen molar-refractivity contribution in [3.05, 3.63) is 77.1 Å². The van der Waals surface area contributed by atoms with Crippen molar-refractivity contribution in [2.45, 2.75) is 33.0 Å². The molecule has 2 aromatic heterocycles. The molecular weight excluding hydrogens is 394 g/mol. The lowest BCUT2D eigenvalue weighted by Gasteiger charge is -2.25. The number of nitrogens with one attached hydrogen (secondary N) is 1. The normalized spacial score (nSPS) is 12.4. The third kappa shape index (κ3) is 4.24. The monoisotopic (exact) mass is 419 g/mol. The molecule has 30 heavy (non-hydrogen) atoms. The van der Waals surface area contributed by atoms with Gasteiger partial charge < -0.3 is 0 Å². The number of aromatic nitrogens is 6. The first-order valence-electron chi connectivity index (χ1n) is 9.96. The van der Waals surface area contributed by atoms with Crippen LogP contribution < -0.4 is 0 Å². The topological polar surface area (TPSA) is 67.6 Å². The molecular formula is C22H25N7S. The lowest BCUT2D eigenvalue weighted by atomic mass is 10.1. The van der Waals surface area contributed by atoms with Crippen molar-refractivity contribution in [3.63, 3.8) is 0 Å². The summed E-state index contributed by atoms with van der Waals surface area (Å²) < 4.78 is 4.19. The predicted octanol–water partition coefficient (Wildman–Crippen LogP) is 4.40. The molecule has 0 amide bonds. The van der Waals surface area contributed by atoms with Crippen molar-refractivity contribution in [1.82, 2.24) is 34.4 Å². The van der Waals surface area contributed by atoms with Gasteiger partial charge >= 0.3 is 0 Å². The number of H-pyrrole nitrogens is 1. The molecule has 0 saturated heterocycles. The SMILES string of the molecule is CCc1ccc(-c2nc(=S)n(CN(C)[C@H](C)c3ccc(-n4cncn4)cc3)[nH]2)cc1. The van der Waals surface area contributed by atoms with E-state index in [2.05, 4.69) is 82.4 Å². The van der Waals surface area contributed by atoms with Gasteiger partial charge in [-0.2, -0.15) is 10.1 Å². The molecule has 0 aliphatic carbocycles. The summed E-state index contributed by atoms with van der Waals surface area (Å²) >= 11 is 5.48. The van der Waals surface area contributed by atoms with E-state index in [9.17, 15) is 0 Å². The van der Waals surface area contributed by atoms with Gasteiger partial charge in [0.25, 0.3) is 0 Å². The minimum Gasteiger partial charge on any atom is -0.281 e. The predicted molar refractivity (Wildman–Crippen MR) is 120 cm³/mol. The standard InChI is InChI=1S/C22H25N7S/c1-4-17-5-7-19(8-6-17)21-25-22(30)29(26-21)15-27(3)16(2)18-9-11-20(12-10-18)28-14-23-13-24-28/h5-14,16H,4,15H2,1-3H3,(H,25,26,30)/t16-/m1/s1. The third-order valence-electron chi connectivity index (χ3n) is 5.40. The van der Waals surface area contributed by atoms with Gasteiger partial charge in [-0.3, -0.25) is 10.00 Å². The van der Waals surface area contributed by atoms with Gasteiger partial charge in [-0.15, -0.1) is 0 Å². The largest absolute Gasteiger partial charge is 0.281 e. The molecule has 0 unspecified atom stereocenters. The Hall–Kier alpha value is -3.10. The molecule has 4 rings (SSSR count). The fraction of sp³-hybridized carbons (Fsp3) is 0.273. The number of benzene rings is 2. The molecule has 0 bridgehead atoms. The van der Waals surface area contributed by atoms with Gasteiger partial charge in [0.05, 0.1) is 12.4 Å². The molecule has 0 fully saturated rings. The van der Waals surface area contributed by atoms with Gasteiger partial charge in [0, 0.05) is 11.6 Å². The molecule has 0 radical (unpaired) electrons. The van der Waals surface area contributed by atoms with E-state index >= 15 is 0 Å². The van der Waals surface area contributed by atoms with E-state index in [1.54, 1.807) is 11.0 Å². The van der Waals surface area contributed by atoms with Crippen molar-refractivity contribution in [1.29, 1.82) is 0 Å². The Labute approximate surface area is 181 Å². The molecule has 4 aromatic rings. The zero-order valence-electron chi connectivity index (χ0n) is 17.4. The Morgan fingerprint density at radius 3 is 2.47 bits per heavy atom. The van der Waals surface area contributed by atoms with E-state index in [0.717, 1.165) is 23.5 Å². The maximum absolute atomic E-state index is 5.48. The lowest BCUT2D eigenvalue weighted by molar-refractivity contribution is 0.195. The molecule has 1 atom stereocenters. The minimum absolute atomic E-state index is 0.201. The average Bonchev–Trinajstić information content (AvgIpc) is 3.44. The molecule has 7 nitrogen and oxygen atoms in total. The van der Waals surface area contributed by atoms with E-state index in [1.165, 1.54) is 17.5 Å². The van der Waals surface area contributed by atoms with E-state index in [0.29, 0.717) is 11.4 Å². The minimum atomic E-state index is 0.201. The molecule has 0 aliphatic rings. The van der Waals surface area contributed by atoms with Crippen LogP contribution in [0.3, 0.4) is 0 Å². The molecule has 1 N–H and O–H groups in total. The van der Waals surface area contributed by atoms with E-state index < -0.39 is 0 Å². The highest BCUT2D eigenvalue weighted by Gasteiger charge is 2.14. The summed E-state index contributed by atoms with van der Waals surface area (Å²) in [6.07, 6.45) is 4.25. The number of aromatic amines is 1. The summed E-state index contributed by atoms with van der Waals surface area (Å²) in [4.78, 5) is 10.8. The highest BCUT2D eigenvalue weighted by Crippen LogP contribution is 2.21. The number of hydrogen-bond donors (Lipinski definition) is 1. The molecule has 154 valence electrons. The second-order valence-corrected chi connectivity index (χ2v) is 7.70. The van der Waals surface area contributed by atoms with Gasteiger partial charge in [-0.05, 0) is 55.9 Å². The molecule has 0 spiro atoms. The first-order chi connectivity index (χ1) is 14.5. The average molecular weight is 420 g/mol. The number of nitrogens with zero attached hydrogens (tertiary/aromatic N) is 6. The van der Waals surface area contributed by atoms with Gasteiger partial charge in [0.1, 0.15) is 12.7 Å². The summed E-state index contributed by atoms with van der Waals surface area (Å²) in [5, 5.41) is 7.51. The fourth-order valence-electron chi connectivity index (χ4n) is 3.33. The summed E-state index contributed by atoms with van der Waals surface area (Å²) in [5.41, 5.74) is 4.54. The van der Waals surface area contributed by atoms with Crippen LogP contribution >= 0.6 is 12.2 Å². The van der Waals surface area contributed by atoms with Crippen LogP contribution in [0.5, 0.6) is 0 Å². The van der Waals surface area contributed by atoms with Crippen LogP contribution in [-0.2, 0) is 13.1 Å². The van der Waals surface area contributed by atoms with E-state index in [1.807, 2.05) is 16.8 Å². The Balaban J connectivity index is 1.47. The Morgan fingerprint density at radius 1 is 1.10 bits per heavy atom.